The molecule has 0 saturated heterocycles. The predicted molar refractivity (Wildman–Crippen MR) is 159 cm³/mol. The van der Waals surface area contributed by atoms with E-state index in [1.165, 1.54) is 27.7 Å². The molecule has 0 atom stereocenters. The van der Waals surface area contributed by atoms with Gasteiger partial charge in [-0.15, -0.1) is 0 Å². The molecule has 0 N–H and O–H groups in total. The van der Waals surface area contributed by atoms with E-state index in [4.69, 9.17) is 13.7 Å². The van der Waals surface area contributed by atoms with Gasteiger partial charge in [0, 0.05) is 17.4 Å². The second kappa shape index (κ2) is 12.0. The molecule has 0 aliphatic rings. The minimum Gasteiger partial charge on any atom is -0.491 e. The van der Waals surface area contributed by atoms with Crippen molar-refractivity contribution in [3.63, 3.8) is 0 Å². The summed E-state index contributed by atoms with van der Waals surface area (Å²) in [6.45, 7) is 5.66. The molecule has 4 aromatic carbocycles. The molecule has 40 heavy (non-hydrogen) atoms. The summed E-state index contributed by atoms with van der Waals surface area (Å²) in [4.78, 5) is 0. The molecule has 0 amide bonds. The normalized spacial score (nSPS) is 11.6. The van der Waals surface area contributed by atoms with Crippen LogP contribution in [0.4, 0.5) is 0 Å². The molecule has 0 saturated carbocycles. The van der Waals surface area contributed by atoms with Crippen LogP contribution < -0.4 is 9.47 Å². The third kappa shape index (κ3) is 6.73. The fourth-order valence-corrected chi connectivity index (χ4v) is 5.21. The van der Waals surface area contributed by atoms with E-state index in [9.17, 15) is 8.42 Å². The third-order valence-electron chi connectivity index (χ3n) is 6.76. The summed E-state index contributed by atoms with van der Waals surface area (Å²) in [5, 5.41) is 1.24. The maximum atomic E-state index is 11.1. The van der Waals surface area contributed by atoms with E-state index in [-0.39, 0.29) is 13.2 Å². The van der Waals surface area contributed by atoms with Gasteiger partial charge in [0.25, 0.3) is 10.1 Å². The molecule has 0 fully saturated rings. The highest BCUT2D eigenvalue weighted by atomic mass is 32.2. The summed E-state index contributed by atoms with van der Waals surface area (Å²) in [6.07, 6.45) is 1.03. The average Bonchev–Trinajstić information content (AvgIpc) is 3.21. The molecule has 5 aromatic rings. The Morgan fingerprint density at radius 3 is 2.10 bits per heavy atom. The van der Waals surface area contributed by atoms with Gasteiger partial charge in [0.15, 0.2) is 0 Å². The Morgan fingerprint density at radius 1 is 0.725 bits per heavy atom. The molecule has 5 rings (SSSR count). The smallest absolute Gasteiger partial charge is 0.264 e. The average molecular weight is 556 g/mol. The standard InChI is InChI=1S/C33H33NO5S/c1-24-9-18-32-31(21-24)25(2)33(28-12-16-30(17-13-28)38-23-27-7-5-4-6-8-27)34(32)22-26-10-14-29(15-11-26)37-19-20-39-40(3,35)36/h4-18,21H,19-20,22-23H2,1-3H3. The number of fused-ring (bicyclic) bond motifs is 1. The van der Waals surface area contributed by atoms with Crippen molar-refractivity contribution in [1.29, 1.82) is 0 Å². The van der Waals surface area contributed by atoms with Gasteiger partial charge in [-0.2, -0.15) is 8.42 Å². The number of hydrogen-bond acceptors (Lipinski definition) is 5. The SMILES string of the molecule is Cc1ccc2c(c1)c(C)c(-c1ccc(OCc3ccccc3)cc1)n2Cc1ccc(OCCOS(C)(=O)=O)cc1. The molecule has 0 aliphatic carbocycles. The van der Waals surface area contributed by atoms with Crippen molar-refractivity contribution in [2.75, 3.05) is 19.5 Å². The molecule has 0 aliphatic heterocycles. The van der Waals surface area contributed by atoms with Gasteiger partial charge in [-0.3, -0.25) is 4.18 Å². The van der Waals surface area contributed by atoms with Crippen LogP contribution in [0.15, 0.2) is 97.1 Å². The number of benzene rings is 4. The van der Waals surface area contributed by atoms with Gasteiger partial charge in [0.2, 0.25) is 0 Å². The topological polar surface area (TPSA) is 66.8 Å². The monoisotopic (exact) mass is 555 g/mol. The summed E-state index contributed by atoms with van der Waals surface area (Å²) < 4.78 is 41.0. The quantitative estimate of drug-likeness (QED) is 0.131. The number of aryl methyl sites for hydroxylation is 2. The lowest BCUT2D eigenvalue weighted by Crippen LogP contribution is -2.11. The molecule has 0 radical (unpaired) electrons. The highest BCUT2D eigenvalue weighted by Crippen LogP contribution is 2.35. The molecule has 6 nitrogen and oxygen atoms in total. The van der Waals surface area contributed by atoms with Crippen LogP contribution in [0.5, 0.6) is 11.5 Å². The summed E-state index contributed by atoms with van der Waals surface area (Å²) in [6, 6.07) is 32.9. The summed E-state index contributed by atoms with van der Waals surface area (Å²) in [5.74, 6) is 1.50. The Morgan fingerprint density at radius 2 is 1.40 bits per heavy atom. The molecule has 7 heteroatoms. The van der Waals surface area contributed by atoms with E-state index in [0.717, 1.165) is 28.7 Å². The van der Waals surface area contributed by atoms with Crippen molar-refractivity contribution in [1.82, 2.24) is 4.57 Å². The van der Waals surface area contributed by atoms with Crippen LogP contribution in [0.2, 0.25) is 0 Å². The van der Waals surface area contributed by atoms with Crippen molar-refractivity contribution in [3.8, 4) is 22.8 Å². The lowest BCUT2D eigenvalue weighted by Gasteiger charge is -2.14. The van der Waals surface area contributed by atoms with Crippen LogP contribution >= 0.6 is 0 Å². The Balaban J connectivity index is 1.37. The lowest BCUT2D eigenvalue weighted by atomic mass is 10.1. The van der Waals surface area contributed by atoms with E-state index in [2.05, 4.69) is 60.9 Å². The molecular weight excluding hydrogens is 522 g/mol. The molecule has 1 aromatic heterocycles. The van der Waals surface area contributed by atoms with Crippen molar-refractivity contribution < 1.29 is 22.1 Å². The van der Waals surface area contributed by atoms with Gasteiger partial charge in [-0.25, -0.2) is 0 Å². The maximum Gasteiger partial charge on any atom is 0.264 e. The number of aromatic nitrogens is 1. The van der Waals surface area contributed by atoms with Gasteiger partial charge >= 0.3 is 0 Å². The van der Waals surface area contributed by atoms with E-state index in [0.29, 0.717) is 18.9 Å². The third-order valence-corrected chi connectivity index (χ3v) is 7.36. The van der Waals surface area contributed by atoms with Gasteiger partial charge < -0.3 is 14.0 Å². The zero-order chi connectivity index (χ0) is 28.1. The van der Waals surface area contributed by atoms with Crippen LogP contribution in [0.1, 0.15) is 22.3 Å². The lowest BCUT2D eigenvalue weighted by molar-refractivity contribution is 0.222. The first-order chi connectivity index (χ1) is 19.3. The van der Waals surface area contributed by atoms with Crippen molar-refractivity contribution in [2.24, 2.45) is 0 Å². The second-order valence-electron chi connectivity index (χ2n) is 9.90. The highest BCUT2D eigenvalue weighted by molar-refractivity contribution is 7.85. The van der Waals surface area contributed by atoms with Gasteiger partial charge in [0.05, 0.1) is 11.9 Å². The van der Waals surface area contributed by atoms with E-state index >= 15 is 0 Å². The van der Waals surface area contributed by atoms with Crippen molar-refractivity contribution in [2.45, 2.75) is 27.0 Å². The minimum absolute atomic E-state index is 0.0198. The van der Waals surface area contributed by atoms with Crippen LogP contribution in [0.25, 0.3) is 22.2 Å². The Labute approximate surface area is 235 Å². The molecule has 0 spiro atoms. The molecular formula is C33H33NO5S. The molecule has 0 unspecified atom stereocenters. The van der Waals surface area contributed by atoms with Gasteiger partial charge in [-0.05, 0) is 84.6 Å². The maximum absolute atomic E-state index is 11.1. The fourth-order valence-electron chi connectivity index (χ4n) is 4.84. The summed E-state index contributed by atoms with van der Waals surface area (Å²) >= 11 is 0. The van der Waals surface area contributed by atoms with Crippen molar-refractivity contribution in [3.05, 3.63) is 119 Å². The van der Waals surface area contributed by atoms with E-state index < -0.39 is 10.1 Å². The first-order valence-electron chi connectivity index (χ1n) is 13.2. The predicted octanol–water partition coefficient (Wildman–Crippen LogP) is 6.91. The number of rotatable bonds is 11. The zero-order valence-corrected chi connectivity index (χ0v) is 23.8. The molecule has 0 bridgehead atoms. The Bertz CT molecular complexity index is 1690. The van der Waals surface area contributed by atoms with Gasteiger partial charge in [-0.1, -0.05) is 54.1 Å². The fraction of sp³-hybridized carbons (Fsp3) is 0.212. The second-order valence-corrected chi connectivity index (χ2v) is 11.5. The Kier molecular flexibility index (Phi) is 8.24. The van der Waals surface area contributed by atoms with Crippen molar-refractivity contribution >= 4 is 21.0 Å². The first-order valence-corrected chi connectivity index (χ1v) is 15.0. The molecule has 206 valence electrons. The minimum atomic E-state index is -3.47. The largest absolute Gasteiger partial charge is 0.491 e. The number of hydrogen-bond donors (Lipinski definition) is 0. The number of nitrogens with zero attached hydrogens (tertiary/aromatic N) is 1. The van der Waals surface area contributed by atoms with E-state index in [1.807, 2.05) is 54.6 Å². The van der Waals surface area contributed by atoms with Crippen LogP contribution in [0, 0.1) is 13.8 Å². The van der Waals surface area contributed by atoms with Gasteiger partial charge in [0.1, 0.15) is 31.3 Å². The van der Waals surface area contributed by atoms with Crippen LogP contribution in [-0.4, -0.2) is 32.5 Å². The Hall–Kier alpha value is -4.07. The zero-order valence-electron chi connectivity index (χ0n) is 23.0. The first kappa shape index (κ1) is 27.5. The number of ether oxygens (including phenoxy) is 2. The summed E-state index contributed by atoms with van der Waals surface area (Å²) in [5.41, 5.74) is 8.21. The van der Waals surface area contributed by atoms with Crippen LogP contribution in [0.3, 0.4) is 0 Å². The summed E-state index contributed by atoms with van der Waals surface area (Å²) in [7, 11) is -3.47. The highest BCUT2D eigenvalue weighted by Gasteiger charge is 2.17. The van der Waals surface area contributed by atoms with Crippen LogP contribution in [-0.2, 0) is 27.5 Å². The van der Waals surface area contributed by atoms with E-state index in [1.54, 1.807) is 0 Å². The molecule has 1 heterocycles.